The monoisotopic (exact) mass is 315 g/mol. The number of nitrogens with zero attached hydrogens (tertiary/aromatic N) is 2. The van der Waals surface area contributed by atoms with Crippen LogP contribution in [0.25, 0.3) is 0 Å². The molecular weight excluding hydrogens is 294 g/mol. The van der Waals surface area contributed by atoms with E-state index in [1.165, 1.54) is 10.6 Å². The van der Waals surface area contributed by atoms with Gasteiger partial charge in [-0.3, -0.25) is 5.10 Å². The van der Waals surface area contributed by atoms with Crippen molar-refractivity contribution >= 4 is 16.1 Å². The van der Waals surface area contributed by atoms with Crippen molar-refractivity contribution in [3.63, 3.8) is 0 Å². The molecule has 1 aromatic rings. The number of hydrogen-bond donors (Lipinski definition) is 3. The van der Waals surface area contributed by atoms with Crippen LogP contribution >= 0.6 is 0 Å². The number of rotatable bonds is 4. The minimum atomic E-state index is -3.20. The van der Waals surface area contributed by atoms with Crippen LogP contribution in [0.4, 0.5) is 4.79 Å². The van der Waals surface area contributed by atoms with Crippen LogP contribution in [0.1, 0.15) is 24.1 Å². The molecule has 1 aliphatic heterocycles. The first-order valence-corrected chi connectivity index (χ1v) is 8.69. The Labute approximate surface area is 124 Å². The molecule has 0 saturated carbocycles. The number of piperidine rings is 1. The molecule has 21 heavy (non-hydrogen) atoms. The summed E-state index contributed by atoms with van der Waals surface area (Å²) in [5, 5.41) is 12.2. The number of sulfonamides is 1. The maximum Gasteiger partial charge on any atom is 0.315 e. The van der Waals surface area contributed by atoms with Gasteiger partial charge < -0.3 is 10.6 Å². The minimum Gasteiger partial charge on any atom is -0.334 e. The lowest BCUT2D eigenvalue weighted by Gasteiger charge is -2.31. The highest BCUT2D eigenvalue weighted by Crippen LogP contribution is 2.13. The molecule has 1 unspecified atom stereocenters. The molecule has 2 heterocycles. The number of aryl methyl sites for hydroxylation is 1. The molecule has 9 heteroatoms. The Morgan fingerprint density at radius 3 is 2.95 bits per heavy atom. The zero-order valence-corrected chi connectivity index (χ0v) is 13.0. The second-order valence-electron chi connectivity index (χ2n) is 5.31. The average Bonchev–Trinajstić information content (AvgIpc) is 2.81. The third-order valence-corrected chi connectivity index (χ3v) is 4.83. The van der Waals surface area contributed by atoms with Crippen LogP contribution in [-0.2, 0) is 16.6 Å². The van der Waals surface area contributed by atoms with E-state index in [9.17, 15) is 13.2 Å². The van der Waals surface area contributed by atoms with Crippen LogP contribution in [0.5, 0.6) is 0 Å². The zero-order chi connectivity index (χ0) is 15.5. The molecule has 8 nitrogen and oxygen atoms in total. The van der Waals surface area contributed by atoms with Crippen molar-refractivity contribution in [2.75, 3.05) is 19.3 Å². The number of H-pyrrole nitrogens is 1. The molecule has 0 spiro atoms. The summed E-state index contributed by atoms with van der Waals surface area (Å²) in [6.45, 7) is 3.12. The summed E-state index contributed by atoms with van der Waals surface area (Å²) < 4.78 is 24.5. The maximum atomic E-state index is 11.9. The molecule has 2 amide bonds. The zero-order valence-electron chi connectivity index (χ0n) is 12.2. The quantitative estimate of drug-likeness (QED) is 0.723. The lowest BCUT2D eigenvalue weighted by Crippen LogP contribution is -2.51. The smallest absolute Gasteiger partial charge is 0.315 e. The van der Waals surface area contributed by atoms with Gasteiger partial charge in [0.1, 0.15) is 0 Å². The van der Waals surface area contributed by atoms with Gasteiger partial charge in [-0.2, -0.15) is 5.10 Å². The van der Waals surface area contributed by atoms with Crippen molar-refractivity contribution in [2.45, 2.75) is 32.4 Å². The molecule has 0 radical (unpaired) electrons. The highest BCUT2D eigenvalue weighted by molar-refractivity contribution is 7.88. The van der Waals surface area contributed by atoms with E-state index in [1.807, 2.05) is 6.92 Å². The lowest BCUT2D eigenvalue weighted by molar-refractivity contribution is 0.225. The van der Waals surface area contributed by atoms with E-state index in [1.54, 1.807) is 6.20 Å². The van der Waals surface area contributed by atoms with E-state index >= 15 is 0 Å². The van der Waals surface area contributed by atoms with Crippen LogP contribution in [0.3, 0.4) is 0 Å². The maximum absolute atomic E-state index is 11.9. The van der Waals surface area contributed by atoms with Crippen LogP contribution in [0.15, 0.2) is 6.20 Å². The van der Waals surface area contributed by atoms with Gasteiger partial charge in [0.05, 0.1) is 12.5 Å². The fourth-order valence-corrected chi connectivity index (χ4v) is 3.24. The average molecular weight is 315 g/mol. The SMILES string of the molecule is Cc1[nH]ncc1CNC(=O)NC1CCCN(S(C)(=O)=O)C1. The summed E-state index contributed by atoms with van der Waals surface area (Å²) in [7, 11) is -3.20. The third kappa shape index (κ3) is 4.43. The number of amides is 2. The standard InChI is InChI=1S/C12H21N5O3S/c1-9-10(7-14-16-9)6-13-12(18)15-11-4-3-5-17(8-11)21(2,19)20/h7,11H,3-6,8H2,1-2H3,(H,14,16)(H2,13,15,18). The molecule has 2 rings (SSSR count). The fraction of sp³-hybridized carbons (Fsp3) is 0.667. The van der Waals surface area contributed by atoms with E-state index in [4.69, 9.17) is 0 Å². The number of aromatic amines is 1. The number of hydrogen-bond acceptors (Lipinski definition) is 4. The van der Waals surface area contributed by atoms with Gasteiger partial charge in [-0.1, -0.05) is 0 Å². The summed E-state index contributed by atoms with van der Waals surface area (Å²) >= 11 is 0. The van der Waals surface area contributed by atoms with E-state index in [0.717, 1.165) is 24.1 Å². The van der Waals surface area contributed by atoms with E-state index < -0.39 is 10.0 Å². The Bertz CT molecular complexity index is 598. The molecule has 1 aromatic heterocycles. The van der Waals surface area contributed by atoms with Crippen LogP contribution in [0.2, 0.25) is 0 Å². The Kier molecular flexibility index (Phi) is 4.84. The van der Waals surface area contributed by atoms with Crippen molar-refractivity contribution in [3.8, 4) is 0 Å². The molecule has 118 valence electrons. The minimum absolute atomic E-state index is 0.154. The second-order valence-corrected chi connectivity index (χ2v) is 7.29. The Morgan fingerprint density at radius 1 is 1.57 bits per heavy atom. The van der Waals surface area contributed by atoms with Crippen LogP contribution in [-0.4, -0.2) is 54.3 Å². The van der Waals surface area contributed by atoms with Crippen molar-refractivity contribution in [2.24, 2.45) is 0 Å². The van der Waals surface area contributed by atoms with Crippen molar-refractivity contribution < 1.29 is 13.2 Å². The Morgan fingerprint density at radius 2 is 2.33 bits per heavy atom. The number of carbonyl (C=O) groups is 1. The van der Waals surface area contributed by atoms with E-state index in [0.29, 0.717) is 19.6 Å². The molecule has 3 N–H and O–H groups in total. The van der Waals surface area contributed by atoms with Crippen molar-refractivity contribution in [1.82, 2.24) is 25.1 Å². The summed E-state index contributed by atoms with van der Waals surface area (Å²) in [6.07, 6.45) is 4.39. The highest BCUT2D eigenvalue weighted by Gasteiger charge is 2.26. The van der Waals surface area contributed by atoms with Gasteiger partial charge in [0.25, 0.3) is 0 Å². The first-order chi connectivity index (χ1) is 9.86. The van der Waals surface area contributed by atoms with E-state index in [2.05, 4.69) is 20.8 Å². The molecule has 0 aliphatic carbocycles. The normalized spacial score (nSPS) is 20.2. The van der Waals surface area contributed by atoms with Gasteiger partial charge in [-0.25, -0.2) is 17.5 Å². The van der Waals surface area contributed by atoms with Crippen molar-refractivity contribution in [3.05, 3.63) is 17.5 Å². The second kappa shape index (κ2) is 6.44. The van der Waals surface area contributed by atoms with Crippen molar-refractivity contribution in [1.29, 1.82) is 0 Å². The molecule has 1 fully saturated rings. The van der Waals surface area contributed by atoms with Crippen LogP contribution in [0, 0.1) is 6.92 Å². The van der Waals surface area contributed by atoms with E-state index in [-0.39, 0.29) is 12.1 Å². The molecule has 0 aromatic carbocycles. The first kappa shape index (κ1) is 15.8. The Hall–Kier alpha value is -1.61. The first-order valence-electron chi connectivity index (χ1n) is 6.84. The summed E-state index contributed by atoms with van der Waals surface area (Å²) in [5.74, 6) is 0. The summed E-state index contributed by atoms with van der Waals surface area (Å²) in [4.78, 5) is 11.9. The highest BCUT2D eigenvalue weighted by atomic mass is 32.2. The number of urea groups is 1. The predicted molar refractivity (Wildman–Crippen MR) is 78.1 cm³/mol. The number of nitrogens with one attached hydrogen (secondary N) is 3. The molecule has 1 atom stereocenters. The number of aromatic nitrogens is 2. The van der Waals surface area contributed by atoms with Gasteiger partial charge in [-0.15, -0.1) is 0 Å². The summed E-state index contributed by atoms with van der Waals surface area (Å²) in [6, 6.07) is -0.449. The Balaban J connectivity index is 1.81. The van der Waals surface area contributed by atoms with Gasteiger partial charge in [0.2, 0.25) is 10.0 Å². The largest absolute Gasteiger partial charge is 0.334 e. The molecule has 0 bridgehead atoms. The number of carbonyl (C=O) groups excluding carboxylic acids is 1. The third-order valence-electron chi connectivity index (χ3n) is 3.56. The fourth-order valence-electron chi connectivity index (χ4n) is 2.33. The summed E-state index contributed by atoms with van der Waals surface area (Å²) in [5.41, 5.74) is 1.84. The predicted octanol–water partition coefficient (Wildman–Crippen LogP) is -0.0587. The van der Waals surface area contributed by atoms with Gasteiger partial charge in [-0.05, 0) is 19.8 Å². The molecule has 1 aliphatic rings. The molecular formula is C12H21N5O3S. The van der Waals surface area contributed by atoms with Gasteiger partial charge in [0.15, 0.2) is 0 Å². The van der Waals surface area contributed by atoms with Gasteiger partial charge >= 0.3 is 6.03 Å². The van der Waals surface area contributed by atoms with Gasteiger partial charge in [0, 0.05) is 36.9 Å². The lowest BCUT2D eigenvalue weighted by atomic mass is 10.1. The van der Waals surface area contributed by atoms with Crippen LogP contribution < -0.4 is 10.6 Å². The molecule has 1 saturated heterocycles. The topological polar surface area (TPSA) is 107 Å².